The van der Waals surface area contributed by atoms with Crippen molar-refractivity contribution >= 4 is 34.9 Å². The van der Waals surface area contributed by atoms with Gasteiger partial charge in [-0.15, -0.1) is 0 Å². The van der Waals surface area contributed by atoms with Gasteiger partial charge in [0.2, 0.25) is 0 Å². The number of hydrogen-bond donors (Lipinski definition) is 1. The van der Waals surface area contributed by atoms with Crippen LogP contribution in [0.4, 0.5) is 0 Å². The zero-order valence-corrected chi connectivity index (χ0v) is 11.2. The monoisotopic (exact) mass is 284 g/mol. The molecule has 0 bridgehead atoms. The van der Waals surface area contributed by atoms with Gasteiger partial charge >= 0.3 is 0 Å². The third kappa shape index (κ3) is 2.76. The maximum absolute atomic E-state index is 11.7. The van der Waals surface area contributed by atoms with Gasteiger partial charge in [0.1, 0.15) is 11.8 Å². The molecule has 1 aromatic carbocycles. The van der Waals surface area contributed by atoms with Crippen LogP contribution in [0.2, 0.25) is 10.0 Å². The molecule has 0 fully saturated rings. The number of aliphatic hydroxyl groups excluding tert-OH is 1. The first kappa shape index (κ1) is 14.4. The number of benzene rings is 1. The number of amides is 1. The van der Waals surface area contributed by atoms with Gasteiger partial charge in [0.05, 0.1) is 15.6 Å². The van der Waals surface area contributed by atoms with Crippen LogP contribution in [-0.2, 0) is 4.79 Å². The van der Waals surface area contributed by atoms with Crippen LogP contribution in [0.1, 0.15) is 5.56 Å². The summed E-state index contributed by atoms with van der Waals surface area (Å²) in [6.45, 7) is 0. The average molecular weight is 285 g/mol. The van der Waals surface area contributed by atoms with Crippen molar-refractivity contribution in [3.8, 4) is 6.07 Å². The van der Waals surface area contributed by atoms with Crippen LogP contribution >= 0.6 is 23.2 Å². The summed E-state index contributed by atoms with van der Waals surface area (Å²) in [5.41, 5.74) is -0.331. The summed E-state index contributed by atoms with van der Waals surface area (Å²) in [7, 11) is 2.95. The van der Waals surface area contributed by atoms with Crippen LogP contribution in [0.25, 0.3) is 5.76 Å². The van der Waals surface area contributed by atoms with E-state index in [0.29, 0.717) is 0 Å². The maximum atomic E-state index is 11.7. The van der Waals surface area contributed by atoms with Gasteiger partial charge in [-0.3, -0.25) is 4.79 Å². The van der Waals surface area contributed by atoms with Gasteiger partial charge in [-0.25, -0.2) is 0 Å². The SMILES string of the molecule is CN(C)C(=O)/C(C#N)=C(\O)c1c(Cl)cccc1Cl. The number of likely N-dealkylation sites (N-methyl/N-ethyl adjacent to an activating group) is 1. The molecule has 0 saturated heterocycles. The quantitative estimate of drug-likeness (QED) is 0.516. The van der Waals surface area contributed by atoms with Crippen LogP contribution in [-0.4, -0.2) is 30.0 Å². The molecule has 0 saturated carbocycles. The lowest BCUT2D eigenvalue weighted by molar-refractivity contribution is -0.124. The number of rotatable bonds is 2. The number of carbonyl (C=O) groups is 1. The predicted molar refractivity (Wildman–Crippen MR) is 70.3 cm³/mol. The maximum Gasteiger partial charge on any atom is 0.267 e. The predicted octanol–water partition coefficient (Wildman–Crippen LogP) is 2.87. The van der Waals surface area contributed by atoms with E-state index < -0.39 is 17.2 Å². The summed E-state index contributed by atoms with van der Waals surface area (Å²) >= 11 is 11.8. The summed E-state index contributed by atoms with van der Waals surface area (Å²) in [4.78, 5) is 12.9. The van der Waals surface area contributed by atoms with Crippen molar-refractivity contribution in [1.29, 1.82) is 5.26 Å². The summed E-state index contributed by atoms with van der Waals surface area (Å²) in [6, 6.07) is 6.27. The Labute approximate surface area is 115 Å². The normalized spacial score (nSPS) is 11.5. The Morgan fingerprint density at radius 2 is 1.83 bits per heavy atom. The standard InChI is InChI=1S/C12H10Cl2N2O2/c1-16(2)12(18)7(6-15)11(17)10-8(13)4-3-5-9(10)14/h3-5,17H,1-2H3/b11-7-. The molecule has 1 N–H and O–H groups in total. The molecule has 0 atom stereocenters. The third-order valence-corrected chi connectivity index (χ3v) is 2.80. The fourth-order valence-electron chi connectivity index (χ4n) is 1.27. The largest absolute Gasteiger partial charge is 0.506 e. The minimum absolute atomic E-state index is 0.0765. The highest BCUT2D eigenvalue weighted by atomic mass is 35.5. The molecule has 94 valence electrons. The van der Waals surface area contributed by atoms with Crippen LogP contribution in [0.5, 0.6) is 0 Å². The second-order valence-corrected chi connectivity index (χ2v) is 4.45. The van der Waals surface area contributed by atoms with E-state index in [1.807, 2.05) is 0 Å². The van der Waals surface area contributed by atoms with E-state index in [2.05, 4.69) is 0 Å². The number of nitrogens with zero attached hydrogens (tertiary/aromatic N) is 2. The first-order valence-electron chi connectivity index (χ1n) is 4.89. The minimum Gasteiger partial charge on any atom is -0.506 e. The molecule has 18 heavy (non-hydrogen) atoms. The van der Waals surface area contributed by atoms with Gasteiger partial charge < -0.3 is 10.0 Å². The molecule has 1 rings (SSSR count). The van der Waals surface area contributed by atoms with Crippen molar-refractivity contribution in [2.75, 3.05) is 14.1 Å². The molecule has 0 aliphatic heterocycles. The second-order valence-electron chi connectivity index (χ2n) is 3.63. The summed E-state index contributed by atoms with van der Waals surface area (Å²) in [5, 5.41) is 19.3. The number of halogens is 2. The van der Waals surface area contributed by atoms with E-state index in [-0.39, 0.29) is 15.6 Å². The van der Waals surface area contributed by atoms with Crippen LogP contribution in [0.3, 0.4) is 0 Å². The lowest BCUT2D eigenvalue weighted by Gasteiger charge is -2.12. The van der Waals surface area contributed by atoms with Gasteiger partial charge in [0, 0.05) is 14.1 Å². The summed E-state index contributed by atoms with van der Waals surface area (Å²) in [6.07, 6.45) is 0. The fraction of sp³-hybridized carbons (Fsp3) is 0.167. The van der Waals surface area contributed by atoms with Gasteiger partial charge in [-0.05, 0) is 12.1 Å². The fourth-order valence-corrected chi connectivity index (χ4v) is 1.85. The van der Waals surface area contributed by atoms with Crippen LogP contribution in [0.15, 0.2) is 23.8 Å². The molecule has 0 spiro atoms. The van der Waals surface area contributed by atoms with Crippen LogP contribution < -0.4 is 0 Å². The first-order valence-corrected chi connectivity index (χ1v) is 5.65. The number of hydrogen-bond acceptors (Lipinski definition) is 3. The van der Waals surface area contributed by atoms with Crippen molar-refractivity contribution in [2.45, 2.75) is 0 Å². The zero-order chi connectivity index (χ0) is 13.9. The van der Waals surface area contributed by atoms with E-state index in [1.54, 1.807) is 12.1 Å². The Bertz CT molecular complexity index is 539. The number of aliphatic hydroxyl groups is 1. The number of carbonyl (C=O) groups excluding carboxylic acids is 1. The highest BCUT2D eigenvalue weighted by molar-refractivity contribution is 6.37. The van der Waals surface area contributed by atoms with Crippen molar-refractivity contribution in [2.24, 2.45) is 0 Å². The van der Waals surface area contributed by atoms with E-state index in [1.165, 1.54) is 31.1 Å². The topological polar surface area (TPSA) is 64.3 Å². The van der Waals surface area contributed by atoms with E-state index in [4.69, 9.17) is 28.5 Å². The molecule has 1 aromatic rings. The molecule has 0 aromatic heterocycles. The summed E-state index contributed by atoms with van der Waals surface area (Å²) in [5.74, 6) is -1.14. The van der Waals surface area contributed by atoms with Crippen molar-refractivity contribution in [3.63, 3.8) is 0 Å². The molecular formula is C12H10Cl2N2O2. The van der Waals surface area contributed by atoms with Crippen molar-refractivity contribution in [1.82, 2.24) is 4.90 Å². The van der Waals surface area contributed by atoms with Crippen molar-refractivity contribution < 1.29 is 9.90 Å². The van der Waals surface area contributed by atoms with Gasteiger partial charge in [-0.2, -0.15) is 5.26 Å². The molecular weight excluding hydrogens is 275 g/mol. The van der Waals surface area contributed by atoms with Crippen molar-refractivity contribution in [3.05, 3.63) is 39.4 Å². The van der Waals surface area contributed by atoms with E-state index in [0.717, 1.165) is 0 Å². The highest BCUT2D eigenvalue weighted by Crippen LogP contribution is 2.31. The van der Waals surface area contributed by atoms with E-state index in [9.17, 15) is 9.90 Å². The zero-order valence-electron chi connectivity index (χ0n) is 9.74. The lowest BCUT2D eigenvalue weighted by atomic mass is 10.1. The molecule has 0 unspecified atom stereocenters. The molecule has 1 amide bonds. The van der Waals surface area contributed by atoms with Gasteiger partial charge in [0.15, 0.2) is 5.57 Å². The molecule has 6 heteroatoms. The Morgan fingerprint density at radius 3 is 2.22 bits per heavy atom. The lowest BCUT2D eigenvalue weighted by Crippen LogP contribution is -2.23. The molecule has 0 aliphatic rings. The second kappa shape index (κ2) is 5.76. The molecule has 4 nitrogen and oxygen atoms in total. The Balaban J connectivity index is 3.47. The Hall–Kier alpha value is -1.70. The Kier molecular flexibility index (Phi) is 4.60. The van der Waals surface area contributed by atoms with Crippen LogP contribution in [0, 0.1) is 11.3 Å². The summed E-state index contributed by atoms with van der Waals surface area (Å²) < 4.78 is 0. The minimum atomic E-state index is -0.619. The number of nitriles is 1. The molecule has 0 aliphatic carbocycles. The van der Waals surface area contributed by atoms with Gasteiger partial charge in [-0.1, -0.05) is 29.3 Å². The van der Waals surface area contributed by atoms with Gasteiger partial charge in [0.25, 0.3) is 5.91 Å². The first-order chi connectivity index (χ1) is 8.40. The molecule has 0 heterocycles. The Morgan fingerprint density at radius 1 is 1.33 bits per heavy atom. The smallest absolute Gasteiger partial charge is 0.267 e. The van der Waals surface area contributed by atoms with E-state index >= 15 is 0 Å². The third-order valence-electron chi connectivity index (χ3n) is 2.17. The highest BCUT2D eigenvalue weighted by Gasteiger charge is 2.21. The average Bonchev–Trinajstić information content (AvgIpc) is 2.29. The molecule has 0 radical (unpaired) electrons.